The van der Waals surface area contributed by atoms with Crippen molar-refractivity contribution >= 4 is 5.97 Å². The van der Waals surface area contributed by atoms with Gasteiger partial charge < -0.3 is 14.2 Å². The van der Waals surface area contributed by atoms with E-state index in [4.69, 9.17) is 14.2 Å². The first kappa shape index (κ1) is 27.0. The largest absolute Gasteiger partial charge is 0.493 e. The van der Waals surface area contributed by atoms with E-state index in [1.54, 1.807) is 13.2 Å². The third kappa shape index (κ3) is 5.70. The summed E-state index contributed by atoms with van der Waals surface area (Å²) in [6.45, 7) is 2.50. The molecule has 4 aromatic carbocycles. The van der Waals surface area contributed by atoms with Crippen LogP contribution in [-0.2, 0) is 29.0 Å². The average molecular weight is 533 g/mol. The van der Waals surface area contributed by atoms with Gasteiger partial charge in [-0.15, -0.1) is 0 Å². The molecule has 0 unspecified atom stereocenters. The minimum absolute atomic E-state index is 0.182. The van der Waals surface area contributed by atoms with Crippen molar-refractivity contribution in [2.24, 2.45) is 0 Å². The van der Waals surface area contributed by atoms with Crippen LogP contribution >= 0.6 is 0 Å². The second-order valence-corrected chi connectivity index (χ2v) is 9.96. The molecule has 0 aliphatic carbocycles. The number of rotatable bonds is 8. The maximum absolute atomic E-state index is 12.5. The lowest BCUT2D eigenvalue weighted by Crippen LogP contribution is -2.46. The van der Waals surface area contributed by atoms with Crippen LogP contribution in [0.3, 0.4) is 0 Å². The predicted molar refractivity (Wildman–Crippen MR) is 154 cm³/mol. The molecular formula is C34H32N2O4. The van der Waals surface area contributed by atoms with Crippen LogP contribution in [0.5, 0.6) is 11.5 Å². The van der Waals surface area contributed by atoms with Crippen molar-refractivity contribution in [3.05, 3.63) is 118 Å². The number of carbonyl (C=O) groups excluding carboxylic acids is 1. The molecule has 0 amide bonds. The van der Waals surface area contributed by atoms with Crippen LogP contribution in [0.4, 0.5) is 0 Å². The van der Waals surface area contributed by atoms with Crippen LogP contribution in [0.25, 0.3) is 11.1 Å². The van der Waals surface area contributed by atoms with Crippen molar-refractivity contribution in [1.82, 2.24) is 5.32 Å². The molecule has 0 fully saturated rings. The summed E-state index contributed by atoms with van der Waals surface area (Å²) in [5.74, 6) is 0.945. The van der Waals surface area contributed by atoms with E-state index in [2.05, 4.69) is 48.6 Å². The van der Waals surface area contributed by atoms with Crippen molar-refractivity contribution in [2.45, 2.75) is 38.5 Å². The van der Waals surface area contributed by atoms with Gasteiger partial charge in [0.05, 0.1) is 25.9 Å². The highest BCUT2D eigenvalue weighted by molar-refractivity contribution is 5.77. The van der Waals surface area contributed by atoms with E-state index >= 15 is 0 Å². The lowest BCUT2D eigenvalue weighted by Gasteiger charge is -2.33. The number of esters is 1. The number of nitrogens with one attached hydrogen (secondary N) is 1. The van der Waals surface area contributed by atoms with E-state index in [9.17, 15) is 10.1 Å². The molecule has 4 aromatic rings. The normalized spacial score (nSPS) is 15.9. The molecular weight excluding hydrogens is 500 g/mol. The number of methoxy groups -OCH3 is 2. The van der Waals surface area contributed by atoms with Crippen molar-refractivity contribution in [1.29, 1.82) is 5.26 Å². The van der Waals surface area contributed by atoms with Crippen molar-refractivity contribution in [3.63, 3.8) is 0 Å². The van der Waals surface area contributed by atoms with Gasteiger partial charge in [0.1, 0.15) is 12.6 Å². The molecule has 6 heteroatoms. The number of benzene rings is 4. The van der Waals surface area contributed by atoms with Gasteiger partial charge >= 0.3 is 5.97 Å². The highest BCUT2D eigenvalue weighted by Crippen LogP contribution is 2.38. The topological polar surface area (TPSA) is 80.6 Å². The van der Waals surface area contributed by atoms with Gasteiger partial charge in [-0.1, -0.05) is 60.7 Å². The quantitative estimate of drug-likeness (QED) is 0.277. The van der Waals surface area contributed by atoms with Gasteiger partial charge in [-0.25, -0.2) is 0 Å². The first-order chi connectivity index (χ1) is 19.5. The molecule has 0 saturated carbocycles. The molecule has 0 spiro atoms. The summed E-state index contributed by atoms with van der Waals surface area (Å²) in [5, 5.41) is 12.8. The summed E-state index contributed by atoms with van der Waals surface area (Å²) in [7, 11) is 3.02. The van der Waals surface area contributed by atoms with Crippen LogP contribution in [0.1, 0.15) is 39.4 Å². The third-order valence-corrected chi connectivity index (χ3v) is 7.52. The zero-order valence-corrected chi connectivity index (χ0v) is 22.9. The zero-order chi connectivity index (χ0) is 28.1. The Morgan fingerprint density at radius 3 is 2.52 bits per heavy atom. The van der Waals surface area contributed by atoms with Gasteiger partial charge in [-0.3, -0.25) is 10.1 Å². The predicted octanol–water partition coefficient (Wildman–Crippen LogP) is 6.09. The summed E-state index contributed by atoms with van der Waals surface area (Å²) in [5.41, 5.74) is 8.25. The van der Waals surface area contributed by atoms with E-state index < -0.39 is 6.04 Å². The van der Waals surface area contributed by atoms with Crippen molar-refractivity contribution in [2.75, 3.05) is 14.2 Å². The lowest BCUT2D eigenvalue weighted by molar-refractivity contribution is -0.143. The van der Waals surface area contributed by atoms with E-state index in [-0.39, 0.29) is 12.0 Å². The van der Waals surface area contributed by atoms with Crippen LogP contribution in [-0.4, -0.2) is 26.2 Å². The van der Waals surface area contributed by atoms with Crippen LogP contribution in [0, 0.1) is 18.3 Å². The number of nitrogens with zero attached hydrogens (tertiary/aromatic N) is 1. The summed E-state index contributed by atoms with van der Waals surface area (Å²) < 4.78 is 17.2. The molecule has 0 bridgehead atoms. The van der Waals surface area contributed by atoms with Gasteiger partial charge in [0.15, 0.2) is 11.5 Å². The molecule has 0 aromatic heterocycles. The Hall–Kier alpha value is -4.60. The Balaban J connectivity index is 1.46. The van der Waals surface area contributed by atoms with Gasteiger partial charge in [0.25, 0.3) is 0 Å². The number of hydrogen-bond acceptors (Lipinski definition) is 6. The minimum Gasteiger partial charge on any atom is -0.493 e. The number of carbonyl (C=O) groups is 1. The Labute approximate surface area is 235 Å². The Bertz CT molecular complexity index is 1560. The second-order valence-electron chi connectivity index (χ2n) is 9.96. The maximum Gasteiger partial charge on any atom is 0.323 e. The molecule has 1 aliphatic rings. The van der Waals surface area contributed by atoms with Gasteiger partial charge in [-0.2, -0.15) is 5.26 Å². The Morgan fingerprint density at radius 1 is 0.975 bits per heavy atom. The zero-order valence-electron chi connectivity index (χ0n) is 22.9. The fourth-order valence-electron chi connectivity index (χ4n) is 5.39. The Morgan fingerprint density at radius 2 is 1.77 bits per heavy atom. The molecule has 1 N–H and O–H groups in total. The smallest absolute Gasteiger partial charge is 0.323 e. The van der Waals surface area contributed by atoms with Crippen LogP contribution in [0.2, 0.25) is 0 Å². The molecule has 1 heterocycles. The molecule has 202 valence electrons. The average Bonchev–Trinajstić information content (AvgIpc) is 3.00. The fraction of sp³-hybridized carbons (Fsp3) is 0.235. The number of fused-ring (bicyclic) bond motifs is 1. The fourth-order valence-corrected chi connectivity index (χ4v) is 5.39. The molecule has 0 radical (unpaired) electrons. The van der Waals surface area contributed by atoms with E-state index in [0.29, 0.717) is 36.5 Å². The highest BCUT2D eigenvalue weighted by Gasteiger charge is 2.32. The number of nitriles is 1. The minimum atomic E-state index is -0.485. The maximum atomic E-state index is 12.5. The summed E-state index contributed by atoms with van der Waals surface area (Å²) in [4.78, 5) is 12.5. The first-order valence-corrected chi connectivity index (χ1v) is 13.3. The first-order valence-electron chi connectivity index (χ1n) is 13.3. The molecule has 5 rings (SSSR count). The number of hydrogen-bond donors (Lipinski definition) is 1. The SMILES string of the molecule is COC(=O)[C@@H]1Cc2cc(OC)c(OCc3cccc(-c4ccccc4)c3C)cc2[C@H](Cc2cccc(C#N)c2)N1. The molecule has 2 atom stereocenters. The van der Waals surface area contributed by atoms with Gasteiger partial charge in [0.2, 0.25) is 0 Å². The van der Waals surface area contributed by atoms with E-state index in [1.165, 1.54) is 23.8 Å². The lowest BCUT2D eigenvalue weighted by atomic mass is 9.86. The van der Waals surface area contributed by atoms with Crippen molar-refractivity contribution in [3.8, 4) is 28.7 Å². The van der Waals surface area contributed by atoms with Crippen LogP contribution in [0.15, 0.2) is 84.9 Å². The van der Waals surface area contributed by atoms with E-state index in [1.807, 2.05) is 48.5 Å². The molecule has 6 nitrogen and oxygen atoms in total. The van der Waals surface area contributed by atoms with Crippen molar-refractivity contribution < 1.29 is 19.0 Å². The second kappa shape index (κ2) is 12.1. The van der Waals surface area contributed by atoms with Gasteiger partial charge in [-0.05, 0) is 83.0 Å². The highest BCUT2D eigenvalue weighted by atomic mass is 16.5. The van der Waals surface area contributed by atoms with E-state index in [0.717, 1.165) is 22.3 Å². The molecule has 1 aliphatic heterocycles. The van der Waals surface area contributed by atoms with Gasteiger partial charge in [0, 0.05) is 6.04 Å². The molecule has 0 saturated heterocycles. The Kier molecular flexibility index (Phi) is 8.14. The summed E-state index contributed by atoms with van der Waals surface area (Å²) in [6, 6.07) is 29.7. The molecule has 40 heavy (non-hydrogen) atoms. The standard InChI is InChI=1S/C34H32N2O4/c1-22-26(13-8-14-28(22)25-11-5-4-6-12-25)21-40-33-19-29-27(18-32(33)38-2)17-31(34(37)39-3)36-30(29)16-23-9-7-10-24(15-23)20-35/h4-15,18-19,30-31,36H,16-17,21H2,1-3H3/t30-,31-/m0/s1. The summed E-state index contributed by atoms with van der Waals surface area (Å²) >= 11 is 0. The summed E-state index contributed by atoms with van der Waals surface area (Å²) in [6.07, 6.45) is 1.08. The number of ether oxygens (including phenoxy) is 3. The third-order valence-electron chi connectivity index (χ3n) is 7.52. The van der Waals surface area contributed by atoms with Crippen LogP contribution < -0.4 is 14.8 Å². The monoisotopic (exact) mass is 532 g/mol.